The summed E-state index contributed by atoms with van der Waals surface area (Å²) in [5.74, 6) is 0.305. The highest BCUT2D eigenvalue weighted by molar-refractivity contribution is 5.93. The van der Waals surface area contributed by atoms with E-state index < -0.39 is 0 Å². The van der Waals surface area contributed by atoms with E-state index in [0.717, 1.165) is 36.2 Å². The Kier molecular flexibility index (Phi) is 4.53. The van der Waals surface area contributed by atoms with Crippen LogP contribution in [-0.4, -0.2) is 10.9 Å². The highest BCUT2D eigenvalue weighted by Gasteiger charge is 2.25. The van der Waals surface area contributed by atoms with Gasteiger partial charge in [0.15, 0.2) is 0 Å². The third kappa shape index (κ3) is 3.86. The van der Waals surface area contributed by atoms with Crippen LogP contribution < -0.4 is 10.6 Å². The van der Waals surface area contributed by atoms with Gasteiger partial charge in [0, 0.05) is 18.2 Å². The number of pyridine rings is 1. The fourth-order valence-electron chi connectivity index (χ4n) is 2.44. The molecule has 116 valence electrons. The Morgan fingerprint density at radius 3 is 2.78 bits per heavy atom. The highest BCUT2D eigenvalue weighted by atomic mass is 16.1. The molecule has 0 atom stereocenters. The van der Waals surface area contributed by atoms with E-state index in [0.29, 0.717) is 12.2 Å². The first-order chi connectivity index (χ1) is 11.2. The Bertz CT molecular complexity index is 729. The van der Waals surface area contributed by atoms with E-state index in [4.69, 9.17) is 5.26 Å². The molecule has 2 N–H and O–H groups in total. The molecule has 5 nitrogen and oxygen atoms in total. The smallest absolute Gasteiger partial charge is 0.227 e. The monoisotopic (exact) mass is 306 g/mol. The molecule has 1 aromatic carbocycles. The summed E-state index contributed by atoms with van der Waals surface area (Å²) in [5, 5.41) is 15.0. The van der Waals surface area contributed by atoms with Gasteiger partial charge in [-0.15, -0.1) is 0 Å². The molecule has 3 rings (SSSR count). The Hall–Kier alpha value is -2.87. The highest BCUT2D eigenvalue weighted by Crippen LogP contribution is 2.27. The number of aromatic nitrogens is 1. The summed E-state index contributed by atoms with van der Waals surface area (Å²) in [6.45, 7) is 0.626. The molecule has 5 heteroatoms. The maximum Gasteiger partial charge on any atom is 0.227 e. The van der Waals surface area contributed by atoms with E-state index in [1.54, 1.807) is 12.3 Å². The minimum absolute atomic E-state index is 0.123. The predicted molar refractivity (Wildman–Crippen MR) is 88.7 cm³/mol. The Morgan fingerprint density at radius 1 is 1.26 bits per heavy atom. The van der Waals surface area contributed by atoms with Crippen LogP contribution in [0.15, 0.2) is 42.6 Å². The molecule has 0 spiro atoms. The van der Waals surface area contributed by atoms with Crippen molar-refractivity contribution in [2.24, 2.45) is 5.92 Å². The van der Waals surface area contributed by atoms with Gasteiger partial charge in [0.05, 0.1) is 11.9 Å². The number of nitriles is 1. The summed E-state index contributed by atoms with van der Waals surface area (Å²) >= 11 is 0. The molecule has 1 saturated carbocycles. The summed E-state index contributed by atoms with van der Waals surface area (Å²) in [5.41, 5.74) is 3.16. The zero-order chi connectivity index (χ0) is 16.1. The maximum absolute atomic E-state index is 12.0. The first-order valence-electron chi connectivity index (χ1n) is 7.74. The molecule has 0 bridgehead atoms. The van der Waals surface area contributed by atoms with Gasteiger partial charge in [0.25, 0.3) is 0 Å². The molecule has 1 aromatic heterocycles. The lowest BCUT2D eigenvalue weighted by Gasteiger charge is -2.24. The van der Waals surface area contributed by atoms with E-state index in [1.165, 1.54) is 0 Å². The number of rotatable bonds is 5. The number of carbonyl (C=O) groups excluding carboxylic acids is 1. The van der Waals surface area contributed by atoms with Crippen LogP contribution in [0.3, 0.4) is 0 Å². The molecule has 0 radical (unpaired) electrons. The van der Waals surface area contributed by atoms with Crippen molar-refractivity contribution in [1.29, 1.82) is 5.26 Å². The van der Waals surface area contributed by atoms with Crippen LogP contribution in [0.5, 0.6) is 0 Å². The molecule has 1 aliphatic carbocycles. The van der Waals surface area contributed by atoms with E-state index in [-0.39, 0.29) is 11.8 Å². The number of nitrogens with zero attached hydrogens (tertiary/aromatic N) is 2. The first kappa shape index (κ1) is 15.0. The summed E-state index contributed by atoms with van der Waals surface area (Å²) in [7, 11) is 0. The van der Waals surface area contributed by atoms with Crippen LogP contribution in [-0.2, 0) is 11.3 Å². The van der Waals surface area contributed by atoms with Crippen LogP contribution in [0.4, 0.5) is 11.4 Å². The third-order valence-electron chi connectivity index (χ3n) is 4.05. The second-order valence-corrected chi connectivity index (χ2v) is 5.71. The lowest BCUT2D eigenvalue weighted by molar-refractivity contribution is -0.122. The van der Waals surface area contributed by atoms with Crippen molar-refractivity contribution in [3.63, 3.8) is 0 Å². The SMILES string of the molecule is N#Cc1ccc(NCc2cccc(NC(=O)C3CCC3)c2)cn1. The van der Waals surface area contributed by atoms with Gasteiger partial charge in [-0.3, -0.25) is 4.79 Å². The summed E-state index contributed by atoms with van der Waals surface area (Å²) in [6, 6.07) is 13.3. The van der Waals surface area contributed by atoms with Gasteiger partial charge in [-0.25, -0.2) is 4.98 Å². The Morgan fingerprint density at radius 2 is 2.13 bits per heavy atom. The van der Waals surface area contributed by atoms with Gasteiger partial charge < -0.3 is 10.6 Å². The largest absolute Gasteiger partial charge is 0.380 e. The number of nitrogens with one attached hydrogen (secondary N) is 2. The molecule has 1 aliphatic rings. The summed E-state index contributed by atoms with van der Waals surface area (Å²) in [4.78, 5) is 16.0. The molecule has 0 unspecified atom stereocenters. The van der Waals surface area contributed by atoms with E-state index in [9.17, 15) is 4.79 Å². The molecule has 23 heavy (non-hydrogen) atoms. The van der Waals surface area contributed by atoms with E-state index >= 15 is 0 Å². The van der Waals surface area contributed by atoms with E-state index in [1.807, 2.05) is 36.4 Å². The Balaban J connectivity index is 1.58. The second kappa shape index (κ2) is 6.93. The molecule has 0 saturated heterocycles. The number of hydrogen-bond acceptors (Lipinski definition) is 4. The third-order valence-corrected chi connectivity index (χ3v) is 4.05. The lowest BCUT2D eigenvalue weighted by Crippen LogP contribution is -2.28. The molecule has 2 aromatic rings. The quantitative estimate of drug-likeness (QED) is 0.888. The molecule has 1 fully saturated rings. The topological polar surface area (TPSA) is 77.8 Å². The van der Waals surface area contributed by atoms with Gasteiger partial charge in [-0.2, -0.15) is 5.26 Å². The number of hydrogen-bond donors (Lipinski definition) is 2. The van der Waals surface area contributed by atoms with Crippen molar-refractivity contribution in [3.05, 3.63) is 53.9 Å². The average molecular weight is 306 g/mol. The number of benzene rings is 1. The Labute approximate surface area is 135 Å². The van der Waals surface area contributed by atoms with Gasteiger partial charge in [-0.1, -0.05) is 18.6 Å². The molecule has 1 heterocycles. The van der Waals surface area contributed by atoms with Crippen LogP contribution in [0, 0.1) is 17.2 Å². The standard InChI is InChI=1S/C18H18N4O/c19-10-16-7-8-17(12-21-16)20-11-13-3-1-6-15(9-13)22-18(23)14-4-2-5-14/h1,3,6-9,12,14,20H,2,4-5,11H2,(H,22,23). The summed E-state index contributed by atoms with van der Waals surface area (Å²) < 4.78 is 0. The first-order valence-corrected chi connectivity index (χ1v) is 7.74. The van der Waals surface area contributed by atoms with Gasteiger partial charge in [-0.05, 0) is 42.7 Å². The van der Waals surface area contributed by atoms with Crippen molar-refractivity contribution in [2.45, 2.75) is 25.8 Å². The average Bonchev–Trinajstić information content (AvgIpc) is 2.52. The van der Waals surface area contributed by atoms with Gasteiger partial charge in [0.2, 0.25) is 5.91 Å². The van der Waals surface area contributed by atoms with E-state index in [2.05, 4.69) is 15.6 Å². The zero-order valence-electron chi connectivity index (χ0n) is 12.7. The van der Waals surface area contributed by atoms with Gasteiger partial charge >= 0.3 is 0 Å². The van der Waals surface area contributed by atoms with Crippen molar-refractivity contribution >= 4 is 17.3 Å². The minimum atomic E-state index is 0.123. The number of carbonyl (C=O) groups is 1. The van der Waals surface area contributed by atoms with Crippen LogP contribution in [0.1, 0.15) is 30.5 Å². The fourth-order valence-corrected chi connectivity index (χ4v) is 2.44. The minimum Gasteiger partial charge on any atom is -0.380 e. The number of amides is 1. The fraction of sp³-hybridized carbons (Fsp3) is 0.278. The zero-order valence-corrected chi connectivity index (χ0v) is 12.7. The van der Waals surface area contributed by atoms with Crippen molar-refractivity contribution in [3.8, 4) is 6.07 Å². The van der Waals surface area contributed by atoms with Gasteiger partial charge in [0.1, 0.15) is 11.8 Å². The van der Waals surface area contributed by atoms with Crippen LogP contribution in [0.25, 0.3) is 0 Å². The lowest BCUT2D eigenvalue weighted by atomic mass is 9.85. The molecule has 1 amide bonds. The summed E-state index contributed by atoms with van der Waals surface area (Å²) in [6.07, 6.45) is 4.79. The second-order valence-electron chi connectivity index (χ2n) is 5.71. The van der Waals surface area contributed by atoms with Crippen molar-refractivity contribution in [2.75, 3.05) is 10.6 Å². The molecule has 0 aliphatic heterocycles. The number of anilines is 2. The van der Waals surface area contributed by atoms with Crippen LogP contribution >= 0.6 is 0 Å². The maximum atomic E-state index is 12.0. The van der Waals surface area contributed by atoms with Crippen LogP contribution in [0.2, 0.25) is 0 Å². The van der Waals surface area contributed by atoms with Crippen molar-refractivity contribution in [1.82, 2.24) is 4.98 Å². The molecular formula is C18H18N4O. The van der Waals surface area contributed by atoms with Crippen molar-refractivity contribution < 1.29 is 4.79 Å². The molecular weight excluding hydrogens is 288 g/mol. The predicted octanol–water partition coefficient (Wildman–Crippen LogP) is 3.30. The normalized spacial score (nSPS) is 13.7.